The highest BCUT2D eigenvalue weighted by Crippen LogP contribution is 2.34. The van der Waals surface area contributed by atoms with Crippen molar-refractivity contribution in [1.82, 2.24) is 15.1 Å². The summed E-state index contributed by atoms with van der Waals surface area (Å²) in [6.07, 6.45) is 7.65. The van der Waals surface area contributed by atoms with Gasteiger partial charge >= 0.3 is 5.97 Å². The zero-order valence-corrected chi connectivity index (χ0v) is 13.2. The number of nitrogens with one attached hydrogen (secondary N) is 1. The van der Waals surface area contributed by atoms with Crippen molar-refractivity contribution < 1.29 is 9.90 Å². The molecule has 5 heteroatoms. The second-order valence-corrected chi connectivity index (χ2v) is 7.07. The van der Waals surface area contributed by atoms with Crippen LogP contribution < -0.4 is 5.32 Å². The third kappa shape index (κ3) is 2.96. The van der Waals surface area contributed by atoms with Crippen molar-refractivity contribution >= 4 is 5.97 Å². The van der Waals surface area contributed by atoms with Gasteiger partial charge in [0.15, 0.2) is 0 Å². The first-order valence-electron chi connectivity index (χ1n) is 8.55. The number of likely N-dealkylation sites (tertiary alicyclic amines) is 2. The van der Waals surface area contributed by atoms with Crippen LogP contribution in [0, 0.1) is 0 Å². The van der Waals surface area contributed by atoms with Crippen LogP contribution in [0.3, 0.4) is 0 Å². The molecule has 3 rings (SSSR count). The third-order valence-electron chi connectivity index (χ3n) is 5.98. The Morgan fingerprint density at radius 3 is 2.52 bits per heavy atom. The number of carboxylic acid groups (broad SMARTS) is 1. The Bertz CT molecular complexity index is 384. The van der Waals surface area contributed by atoms with E-state index >= 15 is 0 Å². The topological polar surface area (TPSA) is 55.8 Å². The van der Waals surface area contributed by atoms with Gasteiger partial charge in [-0.1, -0.05) is 0 Å². The number of aliphatic carboxylic acids is 1. The van der Waals surface area contributed by atoms with Crippen LogP contribution >= 0.6 is 0 Å². The average Bonchev–Trinajstić information content (AvgIpc) is 3.17. The van der Waals surface area contributed by atoms with Crippen LogP contribution in [0.4, 0.5) is 0 Å². The predicted octanol–water partition coefficient (Wildman–Crippen LogP) is 1.14. The summed E-state index contributed by atoms with van der Waals surface area (Å²) in [7, 11) is 1.80. The fourth-order valence-corrected chi connectivity index (χ4v) is 4.59. The maximum atomic E-state index is 11.7. The Balaban J connectivity index is 1.60. The van der Waals surface area contributed by atoms with Crippen LogP contribution in [0.1, 0.15) is 44.9 Å². The molecule has 0 bridgehead atoms. The highest BCUT2D eigenvalue weighted by atomic mass is 16.4. The SMILES string of the molecule is CNC1(C(=O)O)CCCC(N2CCC(N3CCCC3)C2)C1. The molecule has 0 aromatic carbocycles. The summed E-state index contributed by atoms with van der Waals surface area (Å²) < 4.78 is 0. The van der Waals surface area contributed by atoms with E-state index in [1.54, 1.807) is 7.05 Å². The van der Waals surface area contributed by atoms with E-state index in [1.165, 1.54) is 32.4 Å². The van der Waals surface area contributed by atoms with Gasteiger partial charge in [-0.3, -0.25) is 14.6 Å². The summed E-state index contributed by atoms with van der Waals surface area (Å²) >= 11 is 0. The number of carboxylic acids is 1. The molecule has 3 aliphatic rings. The fraction of sp³-hybridized carbons (Fsp3) is 0.938. The van der Waals surface area contributed by atoms with Crippen LogP contribution in [-0.2, 0) is 4.79 Å². The molecule has 0 radical (unpaired) electrons. The van der Waals surface area contributed by atoms with E-state index in [9.17, 15) is 9.90 Å². The summed E-state index contributed by atoms with van der Waals surface area (Å²) in [6, 6.07) is 1.15. The molecule has 3 unspecified atom stereocenters. The van der Waals surface area contributed by atoms with Gasteiger partial charge < -0.3 is 10.4 Å². The molecule has 2 N–H and O–H groups in total. The quantitative estimate of drug-likeness (QED) is 0.814. The Hall–Kier alpha value is -0.650. The molecule has 3 atom stereocenters. The molecule has 5 nitrogen and oxygen atoms in total. The van der Waals surface area contributed by atoms with Crippen molar-refractivity contribution in [3.63, 3.8) is 0 Å². The minimum absolute atomic E-state index is 0.440. The van der Waals surface area contributed by atoms with Crippen LogP contribution in [0.25, 0.3) is 0 Å². The lowest BCUT2D eigenvalue weighted by Gasteiger charge is -2.41. The molecule has 0 amide bonds. The van der Waals surface area contributed by atoms with Crippen molar-refractivity contribution in [2.75, 3.05) is 33.2 Å². The molecular formula is C16H29N3O2. The third-order valence-corrected chi connectivity index (χ3v) is 5.98. The van der Waals surface area contributed by atoms with E-state index in [1.807, 2.05) is 0 Å². The normalized spacial score (nSPS) is 38.9. The number of carbonyl (C=O) groups is 1. The van der Waals surface area contributed by atoms with E-state index in [0.717, 1.165) is 38.8 Å². The number of likely N-dealkylation sites (N-methyl/N-ethyl adjacent to an activating group) is 1. The Labute approximate surface area is 127 Å². The highest BCUT2D eigenvalue weighted by molar-refractivity contribution is 5.79. The van der Waals surface area contributed by atoms with E-state index in [2.05, 4.69) is 15.1 Å². The first-order chi connectivity index (χ1) is 10.1. The van der Waals surface area contributed by atoms with Gasteiger partial charge in [0.2, 0.25) is 0 Å². The summed E-state index contributed by atoms with van der Waals surface area (Å²) in [6.45, 7) is 4.81. The fourth-order valence-electron chi connectivity index (χ4n) is 4.59. The molecule has 0 spiro atoms. The van der Waals surface area contributed by atoms with Gasteiger partial charge in [-0.25, -0.2) is 0 Å². The van der Waals surface area contributed by atoms with Gasteiger partial charge in [-0.2, -0.15) is 0 Å². The van der Waals surface area contributed by atoms with Gasteiger partial charge in [0.25, 0.3) is 0 Å². The maximum absolute atomic E-state index is 11.7. The Kier molecular flexibility index (Phi) is 4.52. The largest absolute Gasteiger partial charge is 0.480 e. The summed E-state index contributed by atoms with van der Waals surface area (Å²) in [5, 5.41) is 12.7. The maximum Gasteiger partial charge on any atom is 0.323 e. The lowest BCUT2D eigenvalue weighted by Crippen LogP contribution is -2.57. The van der Waals surface area contributed by atoms with Crippen molar-refractivity contribution in [2.45, 2.75) is 62.6 Å². The number of hydrogen-bond acceptors (Lipinski definition) is 4. The number of nitrogens with zero attached hydrogens (tertiary/aromatic N) is 2. The minimum Gasteiger partial charge on any atom is -0.480 e. The Morgan fingerprint density at radius 1 is 1.10 bits per heavy atom. The highest BCUT2D eigenvalue weighted by Gasteiger charge is 2.44. The summed E-state index contributed by atoms with van der Waals surface area (Å²) in [5.41, 5.74) is -0.700. The molecule has 0 aromatic rings. The average molecular weight is 295 g/mol. The lowest BCUT2D eigenvalue weighted by atomic mass is 9.78. The van der Waals surface area contributed by atoms with Crippen LogP contribution in [-0.4, -0.2) is 71.7 Å². The molecule has 3 fully saturated rings. The standard InChI is InChI=1S/C16H29N3O2/c1-17-16(15(20)21)7-4-5-13(11-16)19-10-6-14(12-19)18-8-2-3-9-18/h13-14,17H,2-12H2,1H3,(H,20,21). The summed E-state index contributed by atoms with van der Waals surface area (Å²) in [5.74, 6) is -0.676. The van der Waals surface area contributed by atoms with Crippen molar-refractivity contribution in [1.29, 1.82) is 0 Å². The molecular weight excluding hydrogens is 266 g/mol. The summed E-state index contributed by atoms with van der Waals surface area (Å²) in [4.78, 5) is 16.9. The number of rotatable bonds is 4. The van der Waals surface area contributed by atoms with Crippen molar-refractivity contribution in [3.05, 3.63) is 0 Å². The molecule has 1 aliphatic carbocycles. The van der Waals surface area contributed by atoms with Gasteiger partial charge in [-0.05, 0) is 65.1 Å². The van der Waals surface area contributed by atoms with Gasteiger partial charge in [0.1, 0.15) is 5.54 Å². The van der Waals surface area contributed by atoms with E-state index in [-0.39, 0.29) is 0 Å². The van der Waals surface area contributed by atoms with Crippen molar-refractivity contribution in [2.24, 2.45) is 0 Å². The molecule has 0 aromatic heterocycles. The van der Waals surface area contributed by atoms with Crippen LogP contribution in [0.15, 0.2) is 0 Å². The zero-order valence-electron chi connectivity index (χ0n) is 13.2. The molecule has 21 heavy (non-hydrogen) atoms. The second-order valence-electron chi connectivity index (χ2n) is 7.07. The smallest absolute Gasteiger partial charge is 0.323 e. The molecule has 120 valence electrons. The van der Waals surface area contributed by atoms with Gasteiger partial charge in [0, 0.05) is 25.2 Å². The van der Waals surface area contributed by atoms with Crippen LogP contribution in [0.2, 0.25) is 0 Å². The first-order valence-corrected chi connectivity index (χ1v) is 8.55. The van der Waals surface area contributed by atoms with E-state index in [4.69, 9.17) is 0 Å². The molecule has 2 heterocycles. The minimum atomic E-state index is -0.700. The Morgan fingerprint density at radius 2 is 1.86 bits per heavy atom. The van der Waals surface area contributed by atoms with Gasteiger partial charge in [-0.15, -0.1) is 0 Å². The predicted molar refractivity (Wildman–Crippen MR) is 82.5 cm³/mol. The monoisotopic (exact) mass is 295 g/mol. The van der Waals surface area contributed by atoms with Crippen molar-refractivity contribution in [3.8, 4) is 0 Å². The van der Waals surface area contributed by atoms with Gasteiger partial charge in [0.05, 0.1) is 0 Å². The van der Waals surface area contributed by atoms with E-state index in [0.29, 0.717) is 12.1 Å². The second kappa shape index (κ2) is 6.23. The van der Waals surface area contributed by atoms with E-state index < -0.39 is 11.5 Å². The molecule has 2 aliphatic heterocycles. The first kappa shape index (κ1) is 15.3. The molecule has 1 saturated carbocycles. The zero-order chi connectivity index (χ0) is 14.9. The van der Waals surface area contributed by atoms with Crippen LogP contribution in [0.5, 0.6) is 0 Å². The molecule has 2 saturated heterocycles. The number of hydrogen-bond donors (Lipinski definition) is 2. The lowest BCUT2D eigenvalue weighted by molar-refractivity contribution is -0.147.